The number of nitrogens with one attached hydrogen (secondary N) is 1. The average molecular weight is 441 g/mol. The normalized spacial score (nSPS) is 18.7. The van der Waals surface area contributed by atoms with Crippen molar-refractivity contribution in [1.82, 2.24) is 5.32 Å². The number of piperazine rings is 1. The summed E-state index contributed by atoms with van der Waals surface area (Å²) in [7, 11) is 1.71. The number of carbonyl (C=O) groups excluding carboxylic acids is 1. The molecule has 1 atom stereocenters. The van der Waals surface area contributed by atoms with Gasteiger partial charge < -0.3 is 24.6 Å². The molecule has 164 valence electrons. The van der Waals surface area contributed by atoms with Crippen LogP contribution < -0.4 is 24.8 Å². The molecule has 0 unspecified atom stereocenters. The fourth-order valence-corrected chi connectivity index (χ4v) is 4.12. The van der Waals surface area contributed by atoms with Gasteiger partial charge in [0.15, 0.2) is 0 Å². The Morgan fingerprint density at radius 1 is 1.06 bits per heavy atom. The van der Waals surface area contributed by atoms with Gasteiger partial charge in [-0.2, -0.15) is 0 Å². The molecule has 2 saturated heterocycles. The van der Waals surface area contributed by atoms with E-state index >= 15 is 0 Å². The van der Waals surface area contributed by atoms with Gasteiger partial charge >= 0.3 is 6.09 Å². The molecule has 0 saturated carbocycles. The van der Waals surface area contributed by atoms with Crippen LogP contribution in [0.1, 0.15) is 6.92 Å². The van der Waals surface area contributed by atoms with E-state index in [9.17, 15) is 4.79 Å². The molecule has 0 spiro atoms. The number of methoxy groups -OCH3 is 1. The van der Waals surface area contributed by atoms with Crippen molar-refractivity contribution in [2.45, 2.75) is 13.0 Å². The van der Waals surface area contributed by atoms with E-state index in [4.69, 9.17) is 21.7 Å². The molecule has 0 bridgehead atoms. The van der Waals surface area contributed by atoms with Gasteiger partial charge in [-0.3, -0.25) is 4.90 Å². The first-order valence-corrected chi connectivity index (χ1v) is 10.9. The number of para-hydroxylation sites is 2. The predicted molar refractivity (Wildman–Crippen MR) is 128 cm³/mol. The molecule has 2 fully saturated rings. The van der Waals surface area contributed by atoms with Crippen LogP contribution in [-0.2, 0) is 4.74 Å². The molecule has 2 aliphatic heterocycles. The van der Waals surface area contributed by atoms with E-state index in [0.29, 0.717) is 18.1 Å². The van der Waals surface area contributed by atoms with Crippen LogP contribution in [0, 0.1) is 0 Å². The van der Waals surface area contributed by atoms with Crippen LogP contribution in [0.5, 0.6) is 5.75 Å². The smallest absolute Gasteiger partial charge is 0.414 e. The van der Waals surface area contributed by atoms with Crippen molar-refractivity contribution >= 4 is 40.4 Å². The molecule has 2 aliphatic rings. The maximum Gasteiger partial charge on any atom is 0.414 e. The Kier molecular flexibility index (Phi) is 6.46. The van der Waals surface area contributed by atoms with Gasteiger partial charge in [-0.25, -0.2) is 4.79 Å². The fourth-order valence-electron chi connectivity index (χ4n) is 4.04. The molecule has 4 rings (SSSR count). The highest BCUT2D eigenvalue weighted by Gasteiger charge is 2.32. The molecule has 0 aromatic heterocycles. The van der Waals surface area contributed by atoms with Crippen molar-refractivity contribution in [2.24, 2.45) is 0 Å². The van der Waals surface area contributed by atoms with Gasteiger partial charge in [0.25, 0.3) is 0 Å². The number of benzene rings is 2. The monoisotopic (exact) mass is 440 g/mol. The van der Waals surface area contributed by atoms with Crippen molar-refractivity contribution in [3.05, 3.63) is 48.5 Å². The topological polar surface area (TPSA) is 57.3 Å². The van der Waals surface area contributed by atoms with Crippen LogP contribution in [0.25, 0.3) is 0 Å². The van der Waals surface area contributed by atoms with Crippen molar-refractivity contribution in [2.75, 3.05) is 61.1 Å². The van der Waals surface area contributed by atoms with Gasteiger partial charge in [-0.1, -0.05) is 24.4 Å². The van der Waals surface area contributed by atoms with Crippen molar-refractivity contribution in [3.63, 3.8) is 0 Å². The summed E-state index contributed by atoms with van der Waals surface area (Å²) in [6.45, 7) is 6.57. The highest BCUT2D eigenvalue weighted by molar-refractivity contribution is 7.80. The quantitative estimate of drug-likeness (QED) is 0.692. The molecule has 0 aliphatic carbocycles. The van der Waals surface area contributed by atoms with Crippen molar-refractivity contribution < 1.29 is 14.3 Å². The van der Waals surface area contributed by atoms with Gasteiger partial charge in [0.2, 0.25) is 0 Å². The molecule has 8 heteroatoms. The minimum atomic E-state index is -0.313. The molecule has 2 heterocycles. The summed E-state index contributed by atoms with van der Waals surface area (Å²) in [5.41, 5.74) is 3.15. The van der Waals surface area contributed by atoms with E-state index in [-0.39, 0.29) is 12.2 Å². The lowest BCUT2D eigenvalue weighted by Crippen LogP contribution is -2.46. The van der Waals surface area contributed by atoms with Crippen LogP contribution >= 0.6 is 12.2 Å². The van der Waals surface area contributed by atoms with E-state index in [1.807, 2.05) is 37.3 Å². The van der Waals surface area contributed by atoms with Crippen LogP contribution in [-0.4, -0.2) is 63.6 Å². The Labute approximate surface area is 188 Å². The first-order chi connectivity index (χ1) is 15.0. The minimum absolute atomic E-state index is 0.201. The first kappa shape index (κ1) is 21.2. The Balaban J connectivity index is 1.35. The lowest BCUT2D eigenvalue weighted by atomic mass is 10.2. The molecule has 1 N–H and O–H groups in total. The minimum Gasteiger partial charge on any atom is -0.495 e. The van der Waals surface area contributed by atoms with E-state index in [1.165, 1.54) is 0 Å². The van der Waals surface area contributed by atoms with Crippen LogP contribution in [0.3, 0.4) is 0 Å². The van der Waals surface area contributed by atoms with Gasteiger partial charge in [-0.15, -0.1) is 0 Å². The van der Waals surface area contributed by atoms with Crippen LogP contribution in [0.15, 0.2) is 48.5 Å². The second-order valence-corrected chi connectivity index (χ2v) is 8.33. The highest BCUT2D eigenvalue weighted by Crippen LogP contribution is 2.30. The van der Waals surface area contributed by atoms with E-state index in [2.05, 4.69) is 33.3 Å². The SMILES string of the molecule is COc1ccccc1N1CCN(c2ccc(N3C[C@H](CNC(C)=S)OC3=O)cc2)CC1. The molecule has 7 nitrogen and oxygen atoms in total. The number of cyclic esters (lactones) is 1. The first-order valence-electron chi connectivity index (χ1n) is 10.5. The number of ether oxygens (including phenoxy) is 2. The molecule has 2 aromatic carbocycles. The van der Waals surface area contributed by atoms with Crippen LogP contribution in [0.2, 0.25) is 0 Å². The van der Waals surface area contributed by atoms with Crippen molar-refractivity contribution in [1.29, 1.82) is 0 Å². The Bertz CT molecular complexity index is 929. The highest BCUT2D eigenvalue weighted by atomic mass is 32.1. The van der Waals surface area contributed by atoms with Crippen molar-refractivity contribution in [3.8, 4) is 5.75 Å². The maximum absolute atomic E-state index is 12.3. The standard InChI is InChI=1S/C23H28N4O3S/c1-17(31)24-15-20-16-27(23(28)30-20)19-9-7-18(8-10-19)25-11-13-26(14-12-25)21-5-3-4-6-22(21)29-2/h3-10,20H,11-16H2,1-2H3,(H,24,31)/t20-/m0/s1. The molecular weight excluding hydrogens is 412 g/mol. The zero-order valence-corrected chi connectivity index (χ0v) is 18.7. The second kappa shape index (κ2) is 9.43. The second-order valence-electron chi connectivity index (χ2n) is 7.72. The third kappa shape index (κ3) is 4.85. The van der Waals surface area contributed by atoms with E-state index < -0.39 is 0 Å². The Hall–Kier alpha value is -3.00. The third-order valence-corrected chi connectivity index (χ3v) is 5.83. The van der Waals surface area contributed by atoms with Gasteiger partial charge in [0, 0.05) is 37.6 Å². The van der Waals surface area contributed by atoms with Gasteiger partial charge in [0.05, 0.1) is 30.9 Å². The molecule has 1 amide bonds. The van der Waals surface area contributed by atoms with Gasteiger partial charge in [-0.05, 0) is 43.3 Å². The summed E-state index contributed by atoms with van der Waals surface area (Å²) in [6.07, 6.45) is -0.514. The lowest BCUT2D eigenvalue weighted by molar-refractivity contribution is 0.143. The summed E-state index contributed by atoms with van der Waals surface area (Å²) >= 11 is 5.03. The predicted octanol–water partition coefficient (Wildman–Crippen LogP) is 3.28. The zero-order valence-electron chi connectivity index (χ0n) is 17.9. The fraction of sp³-hybridized carbons (Fsp3) is 0.391. The Morgan fingerprint density at radius 3 is 2.39 bits per heavy atom. The lowest BCUT2D eigenvalue weighted by Gasteiger charge is -2.38. The largest absolute Gasteiger partial charge is 0.495 e. The van der Waals surface area contributed by atoms with Gasteiger partial charge in [0.1, 0.15) is 11.9 Å². The number of amides is 1. The maximum atomic E-state index is 12.3. The average Bonchev–Trinajstić information content (AvgIpc) is 3.18. The molecule has 31 heavy (non-hydrogen) atoms. The summed E-state index contributed by atoms with van der Waals surface area (Å²) < 4.78 is 10.9. The number of nitrogens with zero attached hydrogens (tertiary/aromatic N) is 3. The summed E-state index contributed by atoms with van der Waals surface area (Å²) in [5.74, 6) is 0.909. The summed E-state index contributed by atoms with van der Waals surface area (Å²) in [4.78, 5) is 19.4. The Morgan fingerprint density at radius 2 is 1.71 bits per heavy atom. The molecular formula is C23H28N4O3S. The summed E-state index contributed by atoms with van der Waals surface area (Å²) in [5, 5.41) is 3.06. The number of rotatable bonds is 6. The van der Waals surface area contributed by atoms with E-state index in [1.54, 1.807) is 12.0 Å². The van der Waals surface area contributed by atoms with Crippen LogP contribution in [0.4, 0.5) is 21.9 Å². The number of thiocarbonyl (C=S) groups is 1. The zero-order chi connectivity index (χ0) is 21.8. The van der Waals surface area contributed by atoms with E-state index in [0.717, 1.165) is 49.0 Å². The summed E-state index contributed by atoms with van der Waals surface area (Å²) in [6, 6.07) is 16.3. The number of carbonyl (C=O) groups is 1. The third-order valence-electron chi connectivity index (χ3n) is 5.68. The number of hydrogen-bond acceptors (Lipinski definition) is 6. The number of hydrogen-bond donors (Lipinski definition) is 1. The molecule has 2 aromatic rings. The molecule has 0 radical (unpaired) electrons. The number of anilines is 3.